The molecule has 1 saturated heterocycles. The molecule has 6 nitrogen and oxygen atoms in total. The van der Waals surface area contributed by atoms with E-state index < -0.39 is 6.10 Å². The third kappa shape index (κ3) is 3.76. The number of rotatable bonds is 4. The summed E-state index contributed by atoms with van der Waals surface area (Å²) in [6.07, 6.45) is -0.403. The topological polar surface area (TPSA) is 68.8 Å². The number of amides is 1. The zero-order valence-electron chi connectivity index (χ0n) is 13.7. The smallest absolute Gasteiger partial charge is 0.250 e. The van der Waals surface area contributed by atoms with Gasteiger partial charge in [-0.05, 0) is 17.7 Å². The maximum absolute atomic E-state index is 12.2. The molecule has 1 unspecified atom stereocenters. The lowest BCUT2D eigenvalue weighted by atomic mass is 9.84. The number of fused-ring (bicyclic) bond motifs is 1. The highest BCUT2D eigenvalue weighted by Crippen LogP contribution is 2.34. The minimum absolute atomic E-state index is 0.0668. The van der Waals surface area contributed by atoms with Gasteiger partial charge in [0.1, 0.15) is 19.3 Å². The fraction of sp³-hybridized carbons (Fsp3) is 0.588. The molecule has 3 rings (SSSR count). The molecule has 1 amide bonds. The molecule has 1 aromatic rings. The Labute approximate surface area is 136 Å². The SMILES string of the molecule is CC(C)(CNC(=O)C1CNCCO1)c1ccc2c(c1)OCCO2. The van der Waals surface area contributed by atoms with Crippen molar-refractivity contribution in [3.05, 3.63) is 23.8 Å². The van der Waals surface area contributed by atoms with Gasteiger partial charge in [0.15, 0.2) is 11.5 Å². The van der Waals surface area contributed by atoms with Crippen molar-refractivity contribution >= 4 is 5.91 Å². The molecule has 6 heteroatoms. The lowest BCUT2D eigenvalue weighted by Crippen LogP contribution is -2.49. The summed E-state index contributed by atoms with van der Waals surface area (Å²) in [6, 6.07) is 5.96. The van der Waals surface area contributed by atoms with E-state index in [-0.39, 0.29) is 11.3 Å². The quantitative estimate of drug-likeness (QED) is 0.860. The Bertz CT molecular complexity index is 568. The summed E-state index contributed by atoms with van der Waals surface area (Å²) in [5.41, 5.74) is 0.887. The van der Waals surface area contributed by atoms with Crippen LogP contribution in [0.3, 0.4) is 0 Å². The average molecular weight is 320 g/mol. The zero-order valence-corrected chi connectivity index (χ0v) is 13.7. The van der Waals surface area contributed by atoms with Gasteiger partial charge < -0.3 is 24.8 Å². The third-order valence-corrected chi connectivity index (χ3v) is 4.25. The van der Waals surface area contributed by atoms with Gasteiger partial charge in [-0.25, -0.2) is 0 Å². The molecule has 0 bridgehead atoms. The molecular weight excluding hydrogens is 296 g/mol. The van der Waals surface area contributed by atoms with Crippen LogP contribution in [0.25, 0.3) is 0 Å². The van der Waals surface area contributed by atoms with E-state index in [0.717, 1.165) is 23.6 Å². The second-order valence-corrected chi connectivity index (χ2v) is 6.52. The standard InChI is InChI=1S/C17H24N2O4/c1-17(2,11-19-16(20)15-10-18-5-6-21-15)12-3-4-13-14(9-12)23-8-7-22-13/h3-4,9,15,18H,5-8,10-11H2,1-2H3,(H,19,20). The predicted molar refractivity (Wildman–Crippen MR) is 86.1 cm³/mol. The van der Waals surface area contributed by atoms with E-state index in [0.29, 0.717) is 32.9 Å². The van der Waals surface area contributed by atoms with Gasteiger partial charge in [0.25, 0.3) is 0 Å². The maximum atomic E-state index is 12.2. The Balaban J connectivity index is 1.63. The zero-order chi connectivity index (χ0) is 16.3. The molecular formula is C17H24N2O4. The number of morpholine rings is 1. The summed E-state index contributed by atoms with van der Waals surface area (Å²) in [5.74, 6) is 1.48. The summed E-state index contributed by atoms with van der Waals surface area (Å²) in [4.78, 5) is 12.2. The van der Waals surface area contributed by atoms with E-state index in [1.54, 1.807) is 0 Å². The van der Waals surface area contributed by atoms with Gasteiger partial charge in [-0.15, -0.1) is 0 Å². The van der Waals surface area contributed by atoms with Crippen LogP contribution in [-0.2, 0) is 14.9 Å². The lowest BCUT2D eigenvalue weighted by Gasteiger charge is -2.29. The largest absolute Gasteiger partial charge is 0.486 e. The molecule has 126 valence electrons. The van der Waals surface area contributed by atoms with Crippen molar-refractivity contribution in [2.75, 3.05) is 39.5 Å². The first-order chi connectivity index (χ1) is 11.1. The minimum atomic E-state index is -0.403. The van der Waals surface area contributed by atoms with Crippen molar-refractivity contribution in [2.45, 2.75) is 25.4 Å². The molecule has 2 heterocycles. The monoisotopic (exact) mass is 320 g/mol. The summed E-state index contributed by atoms with van der Waals surface area (Å²) in [7, 11) is 0. The van der Waals surface area contributed by atoms with Crippen molar-refractivity contribution < 1.29 is 19.0 Å². The highest BCUT2D eigenvalue weighted by atomic mass is 16.6. The second kappa shape index (κ2) is 6.76. The fourth-order valence-corrected chi connectivity index (χ4v) is 2.72. The molecule has 1 aromatic carbocycles. The first-order valence-corrected chi connectivity index (χ1v) is 8.06. The van der Waals surface area contributed by atoms with Crippen LogP contribution < -0.4 is 20.1 Å². The highest BCUT2D eigenvalue weighted by Gasteiger charge is 2.27. The molecule has 1 fully saturated rings. The van der Waals surface area contributed by atoms with Crippen molar-refractivity contribution in [1.29, 1.82) is 0 Å². The Morgan fingerprint density at radius 2 is 2.04 bits per heavy atom. The molecule has 1 atom stereocenters. The first-order valence-electron chi connectivity index (χ1n) is 8.06. The Morgan fingerprint density at radius 1 is 1.26 bits per heavy atom. The number of carbonyl (C=O) groups is 1. The molecule has 0 aliphatic carbocycles. The van der Waals surface area contributed by atoms with Gasteiger partial charge in [0, 0.05) is 25.0 Å². The van der Waals surface area contributed by atoms with Gasteiger partial charge in [0.2, 0.25) is 5.91 Å². The summed E-state index contributed by atoms with van der Waals surface area (Å²) in [6.45, 7) is 7.82. The van der Waals surface area contributed by atoms with Crippen LogP contribution in [0.4, 0.5) is 0 Å². The van der Waals surface area contributed by atoms with E-state index in [1.807, 2.05) is 18.2 Å². The van der Waals surface area contributed by atoms with Crippen molar-refractivity contribution in [1.82, 2.24) is 10.6 Å². The Hall–Kier alpha value is -1.79. The molecule has 0 saturated carbocycles. The van der Waals surface area contributed by atoms with Crippen LogP contribution in [-0.4, -0.2) is 51.5 Å². The van der Waals surface area contributed by atoms with Crippen LogP contribution in [0.2, 0.25) is 0 Å². The van der Waals surface area contributed by atoms with Crippen LogP contribution in [0.5, 0.6) is 11.5 Å². The average Bonchev–Trinajstić information content (AvgIpc) is 2.60. The minimum Gasteiger partial charge on any atom is -0.486 e. The number of carbonyl (C=O) groups excluding carboxylic acids is 1. The molecule has 2 aliphatic rings. The van der Waals surface area contributed by atoms with E-state index in [4.69, 9.17) is 14.2 Å². The normalized spacial score (nSPS) is 20.9. The van der Waals surface area contributed by atoms with Gasteiger partial charge in [-0.3, -0.25) is 4.79 Å². The number of hydrogen-bond donors (Lipinski definition) is 2. The summed E-state index contributed by atoms with van der Waals surface area (Å²) >= 11 is 0. The van der Waals surface area contributed by atoms with Crippen LogP contribution in [0.1, 0.15) is 19.4 Å². The van der Waals surface area contributed by atoms with E-state index in [2.05, 4.69) is 24.5 Å². The van der Waals surface area contributed by atoms with Crippen molar-refractivity contribution in [3.63, 3.8) is 0 Å². The van der Waals surface area contributed by atoms with Gasteiger partial charge in [0.05, 0.1) is 6.61 Å². The maximum Gasteiger partial charge on any atom is 0.250 e. The van der Waals surface area contributed by atoms with Crippen LogP contribution >= 0.6 is 0 Å². The summed E-state index contributed by atoms with van der Waals surface area (Å²) in [5, 5.41) is 6.16. The van der Waals surface area contributed by atoms with Gasteiger partial charge in [-0.2, -0.15) is 0 Å². The number of benzene rings is 1. The third-order valence-electron chi connectivity index (χ3n) is 4.25. The van der Waals surface area contributed by atoms with Crippen molar-refractivity contribution in [2.24, 2.45) is 0 Å². The Kier molecular flexibility index (Phi) is 4.73. The molecule has 2 aliphatic heterocycles. The molecule has 23 heavy (non-hydrogen) atoms. The molecule has 0 aromatic heterocycles. The van der Waals surface area contributed by atoms with E-state index in [9.17, 15) is 4.79 Å². The lowest BCUT2D eigenvalue weighted by molar-refractivity contribution is -0.134. The van der Waals surface area contributed by atoms with E-state index in [1.165, 1.54) is 0 Å². The second-order valence-electron chi connectivity index (χ2n) is 6.52. The van der Waals surface area contributed by atoms with E-state index >= 15 is 0 Å². The van der Waals surface area contributed by atoms with Crippen molar-refractivity contribution in [3.8, 4) is 11.5 Å². The molecule has 2 N–H and O–H groups in total. The number of hydrogen-bond acceptors (Lipinski definition) is 5. The Morgan fingerprint density at radius 3 is 2.78 bits per heavy atom. The van der Waals surface area contributed by atoms with Gasteiger partial charge in [-0.1, -0.05) is 19.9 Å². The van der Waals surface area contributed by atoms with Crippen LogP contribution in [0, 0.1) is 0 Å². The highest BCUT2D eigenvalue weighted by molar-refractivity contribution is 5.81. The molecule has 0 radical (unpaired) electrons. The predicted octanol–water partition coefficient (Wildman–Crippen LogP) is 0.840. The van der Waals surface area contributed by atoms with Crippen LogP contribution in [0.15, 0.2) is 18.2 Å². The first kappa shape index (κ1) is 16.1. The fourth-order valence-electron chi connectivity index (χ4n) is 2.72. The number of ether oxygens (including phenoxy) is 3. The number of nitrogens with one attached hydrogen (secondary N) is 2. The summed E-state index contributed by atoms with van der Waals surface area (Å²) < 4.78 is 16.7. The van der Waals surface area contributed by atoms with Gasteiger partial charge >= 0.3 is 0 Å². The molecule has 0 spiro atoms.